The molecule has 2 N–H and O–H groups in total. The topological polar surface area (TPSA) is 62.2 Å². The van der Waals surface area contributed by atoms with Gasteiger partial charge in [0, 0.05) is 23.5 Å². The normalized spacial score (nSPS) is 12.2. The third-order valence-electron chi connectivity index (χ3n) is 2.98. The van der Waals surface area contributed by atoms with Gasteiger partial charge in [-0.1, -0.05) is 24.3 Å². The van der Waals surface area contributed by atoms with Crippen LogP contribution in [-0.2, 0) is 0 Å². The second-order valence-corrected chi connectivity index (χ2v) is 4.33. The molecule has 1 heterocycles. The van der Waals surface area contributed by atoms with Crippen LogP contribution in [0.1, 0.15) is 29.1 Å². The van der Waals surface area contributed by atoms with E-state index < -0.39 is 6.23 Å². The van der Waals surface area contributed by atoms with Crippen molar-refractivity contribution in [2.75, 3.05) is 7.05 Å². The highest BCUT2D eigenvalue weighted by atomic mass is 16.3. The Kier molecular flexibility index (Phi) is 4.04. The second-order valence-electron chi connectivity index (χ2n) is 4.33. The maximum Gasteiger partial charge on any atom is 0.161 e. The Morgan fingerprint density at radius 3 is 2.47 bits per heavy atom. The highest BCUT2D eigenvalue weighted by Gasteiger charge is 2.06. The van der Waals surface area contributed by atoms with E-state index in [1.807, 2.05) is 30.3 Å². The van der Waals surface area contributed by atoms with Gasteiger partial charge in [-0.15, -0.1) is 0 Å². The zero-order chi connectivity index (χ0) is 13.8. The minimum absolute atomic E-state index is 0.00317. The van der Waals surface area contributed by atoms with E-state index >= 15 is 0 Å². The van der Waals surface area contributed by atoms with Gasteiger partial charge in [0.05, 0.1) is 0 Å². The molecule has 0 spiro atoms. The van der Waals surface area contributed by atoms with Crippen LogP contribution in [0.3, 0.4) is 0 Å². The lowest BCUT2D eigenvalue weighted by molar-refractivity contribution is 0.101. The van der Waals surface area contributed by atoms with Crippen LogP contribution in [0.2, 0.25) is 0 Å². The Bertz CT molecular complexity index is 579. The van der Waals surface area contributed by atoms with Crippen LogP contribution >= 0.6 is 0 Å². The van der Waals surface area contributed by atoms with Gasteiger partial charge in [0.1, 0.15) is 6.23 Å². The summed E-state index contributed by atoms with van der Waals surface area (Å²) in [5.74, 6) is -0.00317. The maximum absolute atomic E-state index is 11.3. The number of pyridine rings is 1. The number of aromatic nitrogens is 1. The quantitative estimate of drug-likeness (QED) is 0.650. The summed E-state index contributed by atoms with van der Waals surface area (Å²) < 4.78 is 0. The molecule has 1 atom stereocenters. The molecule has 0 aliphatic heterocycles. The average molecular weight is 256 g/mol. The Morgan fingerprint density at radius 2 is 1.89 bits per heavy atom. The number of rotatable bonds is 4. The summed E-state index contributed by atoms with van der Waals surface area (Å²) in [6.07, 6.45) is 2.61. The number of ketones is 1. The van der Waals surface area contributed by atoms with Gasteiger partial charge in [-0.05, 0) is 31.2 Å². The predicted octanol–water partition coefficient (Wildman–Crippen LogP) is 2.16. The number of carbonyl (C=O) groups is 1. The van der Waals surface area contributed by atoms with E-state index in [1.165, 1.54) is 6.92 Å². The van der Waals surface area contributed by atoms with E-state index in [1.54, 1.807) is 19.4 Å². The number of Topliss-reactive ketones (excluding diaryl/α,β-unsaturated/α-hetero) is 1. The average Bonchev–Trinajstić information content (AvgIpc) is 2.46. The van der Waals surface area contributed by atoms with Crippen molar-refractivity contribution in [3.63, 3.8) is 0 Å². The number of benzene rings is 1. The molecule has 1 aromatic carbocycles. The predicted molar refractivity (Wildman–Crippen MR) is 73.7 cm³/mol. The fourth-order valence-corrected chi connectivity index (χ4v) is 1.81. The molecule has 2 aromatic rings. The van der Waals surface area contributed by atoms with Gasteiger partial charge in [-0.3, -0.25) is 15.1 Å². The van der Waals surface area contributed by atoms with Crippen LogP contribution < -0.4 is 5.32 Å². The first-order valence-corrected chi connectivity index (χ1v) is 6.03. The minimum atomic E-state index is -0.671. The number of nitrogens with one attached hydrogen (secondary N) is 1. The van der Waals surface area contributed by atoms with E-state index in [4.69, 9.17) is 0 Å². The molecule has 4 heteroatoms. The molecule has 0 aliphatic rings. The van der Waals surface area contributed by atoms with Crippen molar-refractivity contribution < 1.29 is 9.90 Å². The number of hydrogen-bond donors (Lipinski definition) is 2. The number of carbonyl (C=O) groups excluding carboxylic acids is 1. The lowest BCUT2D eigenvalue weighted by Crippen LogP contribution is -2.14. The van der Waals surface area contributed by atoms with Crippen LogP contribution in [0, 0.1) is 0 Å². The van der Waals surface area contributed by atoms with E-state index in [2.05, 4.69) is 10.3 Å². The summed E-state index contributed by atoms with van der Waals surface area (Å²) >= 11 is 0. The van der Waals surface area contributed by atoms with Crippen molar-refractivity contribution in [1.29, 1.82) is 0 Å². The van der Waals surface area contributed by atoms with Gasteiger partial charge in [0.2, 0.25) is 0 Å². The van der Waals surface area contributed by atoms with Gasteiger partial charge in [0.25, 0.3) is 0 Å². The first-order chi connectivity index (χ1) is 9.11. The van der Waals surface area contributed by atoms with Crippen molar-refractivity contribution in [2.24, 2.45) is 0 Å². The summed E-state index contributed by atoms with van der Waals surface area (Å²) in [5, 5.41) is 12.4. The van der Waals surface area contributed by atoms with Gasteiger partial charge >= 0.3 is 0 Å². The number of hydrogen-bond acceptors (Lipinski definition) is 4. The molecule has 1 unspecified atom stereocenters. The van der Waals surface area contributed by atoms with Gasteiger partial charge in [0.15, 0.2) is 5.78 Å². The molecule has 2 rings (SSSR count). The molecule has 19 heavy (non-hydrogen) atoms. The standard InChI is InChI=1S/C15H16N2O2/c1-10(18)13-7-14(9-17-8-13)11-3-5-12(6-4-11)15(19)16-2/h3-9,15-16,19H,1-2H3. The molecule has 0 aliphatic carbocycles. The van der Waals surface area contributed by atoms with Gasteiger partial charge < -0.3 is 5.11 Å². The fraction of sp³-hybridized carbons (Fsp3) is 0.200. The van der Waals surface area contributed by atoms with E-state index in [9.17, 15) is 9.90 Å². The Labute approximate surface area is 112 Å². The van der Waals surface area contributed by atoms with Crippen molar-refractivity contribution in [3.05, 3.63) is 53.9 Å². The van der Waals surface area contributed by atoms with Gasteiger partial charge in [-0.25, -0.2) is 0 Å². The van der Waals surface area contributed by atoms with Crippen LogP contribution in [0.25, 0.3) is 11.1 Å². The number of nitrogens with zero attached hydrogens (tertiary/aromatic N) is 1. The second kappa shape index (κ2) is 5.73. The molecular formula is C15H16N2O2. The van der Waals surface area contributed by atoms with Crippen molar-refractivity contribution >= 4 is 5.78 Å². The largest absolute Gasteiger partial charge is 0.374 e. The highest BCUT2D eigenvalue weighted by Crippen LogP contribution is 2.21. The molecule has 4 nitrogen and oxygen atoms in total. The lowest BCUT2D eigenvalue weighted by atomic mass is 10.0. The Morgan fingerprint density at radius 1 is 1.21 bits per heavy atom. The highest BCUT2D eigenvalue weighted by molar-refractivity contribution is 5.94. The maximum atomic E-state index is 11.3. The molecular weight excluding hydrogens is 240 g/mol. The van der Waals surface area contributed by atoms with Crippen molar-refractivity contribution in [2.45, 2.75) is 13.2 Å². The van der Waals surface area contributed by atoms with E-state index in [-0.39, 0.29) is 5.78 Å². The Balaban J connectivity index is 2.32. The van der Waals surface area contributed by atoms with Crippen molar-refractivity contribution in [1.82, 2.24) is 10.3 Å². The van der Waals surface area contributed by atoms with Crippen LogP contribution in [0.4, 0.5) is 0 Å². The van der Waals surface area contributed by atoms with Crippen LogP contribution in [-0.4, -0.2) is 22.9 Å². The fourth-order valence-electron chi connectivity index (χ4n) is 1.81. The molecule has 0 fully saturated rings. The molecule has 1 aromatic heterocycles. The first kappa shape index (κ1) is 13.4. The van der Waals surface area contributed by atoms with Crippen LogP contribution in [0.15, 0.2) is 42.7 Å². The smallest absolute Gasteiger partial charge is 0.161 e. The number of aliphatic hydroxyl groups is 1. The first-order valence-electron chi connectivity index (χ1n) is 6.03. The monoisotopic (exact) mass is 256 g/mol. The third kappa shape index (κ3) is 3.05. The molecule has 0 saturated carbocycles. The third-order valence-corrected chi connectivity index (χ3v) is 2.98. The Hall–Kier alpha value is -2.04. The lowest BCUT2D eigenvalue weighted by Gasteiger charge is -2.10. The summed E-state index contributed by atoms with van der Waals surface area (Å²) in [7, 11) is 1.69. The molecule has 0 amide bonds. The van der Waals surface area contributed by atoms with Crippen molar-refractivity contribution in [3.8, 4) is 11.1 Å². The molecule has 0 saturated heterocycles. The zero-order valence-electron chi connectivity index (χ0n) is 10.9. The SMILES string of the molecule is CNC(O)c1ccc(-c2cncc(C(C)=O)c2)cc1. The molecule has 0 radical (unpaired) electrons. The minimum Gasteiger partial charge on any atom is -0.374 e. The number of aliphatic hydroxyl groups excluding tert-OH is 1. The van der Waals surface area contributed by atoms with E-state index in [0.29, 0.717) is 5.56 Å². The summed E-state index contributed by atoms with van der Waals surface area (Å²) in [4.78, 5) is 15.4. The van der Waals surface area contributed by atoms with Crippen LogP contribution in [0.5, 0.6) is 0 Å². The molecule has 98 valence electrons. The van der Waals surface area contributed by atoms with E-state index in [0.717, 1.165) is 16.7 Å². The summed E-state index contributed by atoms with van der Waals surface area (Å²) in [5.41, 5.74) is 3.24. The summed E-state index contributed by atoms with van der Waals surface area (Å²) in [6, 6.07) is 9.31. The summed E-state index contributed by atoms with van der Waals surface area (Å²) in [6.45, 7) is 1.52. The zero-order valence-corrected chi connectivity index (χ0v) is 10.9. The molecule has 0 bridgehead atoms. The van der Waals surface area contributed by atoms with Gasteiger partial charge in [-0.2, -0.15) is 0 Å².